The molecule has 2 aromatic rings. The van der Waals surface area contributed by atoms with Gasteiger partial charge in [-0.15, -0.1) is 0 Å². The third-order valence-electron chi connectivity index (χ3n) is 4.09. The van der Waals surface area contributed by atoms with E-state index in [0.717, 1.165) is 0 Å². The van der Waals surface area contributed by atoms with E-state index < -0.39 is 0 Å². The molecule has 1 aliphatic carbocycles. The molecular weight excluding hydrogens is 314 g/mol. The van der Waals surface area contributed by atoms with Gasteiger partial charge in [0, 0.05) is 5.92 Å². The number of benzene rings is 2. The van der Waals surface area contributed by atoms with Crippen LogP contribution in [-0.2, 0) is 4.74 Å². The smallest absolute Gasteiger partial charge is 0.411 e. The van der Waals surface area contributed by atoms with Gasteiger partial charge in [-0.2, -0.15) is 0 Å². The minimum absolute atomic E-state index is 0.138. The molecule has 5 heteroatoms. The van der Waals surface area contributed by atoms with Gasteiger partial charge in [-0.05, 0) is 22.3 Å². The van der Waals surface area contributed by atoms with Crippen molar-refractivity contribution in [2.75, 3.05) is 18.4 Å². The molecule has 0 bridgehead atoms. The van der Waals surface area contributed by atoms with E-state index in [-0.39, 0.29) is 12.0 Å². The lowest BCUT2D eigenvalue weighted by atomic mass is 9.98. The van der Waals surface area contributed by atoms with Gasteiger partial charge in [0.05, 0.1) is 11.8 Å². The number of fused-ring (bicyclic) bond motifs is 3. The molecular formula is C17H15NO2S2. The zero-order chi connectivity index (χ0) is 14.9. The van der Waals surface area contributed by atoms with Crippen molar-refractivity contribution in [3.63, 3.8) is 0 Å². The van der Waals surface area contributed by atoms with E-state index in [1.165, 1.54) is 22.3 Å². The summed E-state index contributed by atoms with van der Waals surface area (Å²) < 4.78 is 5.58. The Hall–Kier alpha value is -1.59. The van der Waals surface area contributed by atoms with Gasteiger partial charge in [0.1, 0.15) is 6.61 Å². The monoisotopic (exact) mass is 329 g/mol. The summed E-state index contributed by atoms with van der Waals surface area (Å²) in [5.41, 5.74) is 5.02. The molecule has 4 rings (SSSR count). The van der Waals surface area contributed by atoms with Crippen LogP contribution in [0.1, 0.15) is 17.0 Å². The van der Waals surface area contributed by atoms with Crippen LogP contribution in [0, 0.1) is 0 Å². The first kappa shape index (κ1) is 14.0. The van der Waals surface area contributed by atoms with E-state index in [4.69, 9.17) is 4.74 Å². The van der Waals surface area contributed by atoms with Gasteiger partial charge in [-0.1, -0.05) is 70.1 Å². The Morgan fingerprint density at radius 1 is 1.00 bits per heavy atom. The topological polar surface area (TPSA) is 29.5 Å². The van der Waals surface area contributed by atoms with E-state index in [2.05, 4.69) is 36.4 Å². The first-order valence-electron chi connectivity index (χ1n) is 7.19. The SMILES string of the molecule is O=C(OCC1c2ccccc2-c2ccccc21)N1CSSC1. The van der Waals surface area contributed by atoms with E-state index in [0.29, 0.717) is 18.4 Å². The molecule has 0 unspecified atom stereocenters. The number of amides is 1. The van der Waals surface area contributed by atoms with Crippen molar-refractivity contribution in [2.24, 2.45) is 0 Å². The summed E-state index contributed by atoms with van der Waals surface area (Å²) in [6.45, 7) is 0.401. The average Bonchev–Trinajstić information content (AvgIpc) is 3.20. The Morgan fingerprint density at radius 2 is 1.55 bits per heavy atom. The van der Waals surface area contributed by atoms with Crippen LogP contribution in [0.5, 0.6) is 0 Å². The molecule has 0 radical (unpaired) electrons. The van der Waals surface area contributed by atoms with Crippen molar-refractivity contribution in [1.82, 2.24) is 4.90 Å². The van der Waals surface area contributed by atoms with Crippen LogP contribution in [-0.4, -0.2) is 29.4 Å². The van der Waals surface area contributed by atoms with E-state index >= 15 is 0 Å². The highest BCUT2D eigenvalue weighted by Gasteiger charge is 2.30. The molecule has 0 spiro atoms. The maximum atomic E-state index is 12.1. The lowest BCUT2D eigenvalue weighted by molar-refractivity contribution is 0.113. The quantitative estimate of drug-likeness (QED) is 0.756. The molecule has 1 fully saturated rings. The molecule has 1 heterocycles. The highest BCUT2D eigenvalue weighted by atomic mass is 33.1. The standard InChI is InChI=1S/C17H15NO2S2/c19-17(18-10-21-22-11-18)20-9-16-14-7-3-1-5-12(14)13-6-2-4-8-15(13)16/h1-8,16H,9-11H2. The van der Waals surface area contributed by atoms with Gasteiger partial charge in [0.15, 0.2) is 0 Å². The number of hydrogen-bond donors (Lipinski definition) is 0. The predicted molar refractivity (Wildman–Crippen MR) is 91.8 cm³/mol. The molecule has 0 atom stereocenters. The Labute approximate surface area is 137 Å². The van der Waals surface area contributed by atoms with Crippen molar-refractivity contribution >= 4 is 27.7 Å². The Morgan fingerprint density at radius 3 is 2.14 bits per heavy atom. The van der Waals surface area contributed by atoms with E-state index in [1.807, 2.05) is 12.1 Å². The highest BCUT2D eigenvalue weighted by molar-refractivity contribution is 8.77. The predicted octanol–water partition coefficient (Wildman–Crippen LogP) is 4.55. The summed E-state index contributed by atoms with van der Waals surface area (Å²) in [7, 11) is 3.38. The van der Waals surface area contributed by atoms with Crippen LogP contribution in [0.3, 0.4) is 0 Å². The minimum atomic E-state index is -0.209. The normalized spacial score (nSPS) is 16.5. The molecule has 0 saturated carbocycles. The number of nitrogens with zero attached hydrogens (tertiary/aromatic N) is 1. The fourth-order valence-electron chi connectivity index (χ4n) is 3.03. The van der Waals surface area contributed by atoms with Crippen molar-refractivity contribution in [3.05, 3.63) is 59.7 Å². The second kappa shape index (κ2) is 5.89. The first-order valence-corrected chi connectivity index (χ1v) is 9.68. The lowest BCUT2D eigenvalue weighted by Crippen LogP contribution is -2.28. The zero-order valence-electron chi connectivity index (χ0n) is 11.9. The van der Waals surface area contributed by atoms with Gasteiger partial charge < -0.3 is 4.74 Å². The third-order valence-corrected chi connectivity index (χ3v) is 6.23. The molecule has 22 heavy (non-hydrogen) atoms. The minimum Gasteiger partial charge on any atom is -0.448 e. The molecule has 2 aliphatic rings. The number of carbonyl (C=O) groups is 1. The summed E-state index contributed by atoms with van der Waals surface area (Å²) >= 11 is 0. The fraction of sp³-hybridized carbons (Fsp3) is 0.235. The van der Waals surface area contributed by atoms with Gasteiger partial charge in [0.25, 0.3) is 0 Å². The van der Waals surface area contributed by atoms with E-state index in [1.54, 1.807) is 26.5 Å². The van der Waals surface area contributed by atoms with Crippen LogP contribution in [0.25, 0.3) is 11.1 Å². The molecule has 112 valence electrons. The van der Waals surface area contributed by atoms with Crippen LogP contribution < -0.4 is 0 Å². The van der Waals surface area contributed by atoms with Gasteiger partial charge >= 0.3 is 6.09 Å². The Kier molecular flexibility index (Phi) is 3.76. The van der Waals surface area contributed by atoms with Crippen LogP contribution in [0.4, 0.5) is 4.79 Å². The van der Waals surface area contributed by atoms with E-state index in [9.17, 15) is 4.79 Å². The van der Waals surface area contributed by atoms with Gasteiger partial charge in [-0.3, -0.25) is 4.90 Å². The number of ether oxygens (including phenoxy) is 1. The summed E-state index contributed by atoms with van der Waals surface area (Å²) in [6.07, 6.45) is -0.209. The average molecular weight is 329 g/mol. The number of rotatable bonds is 2. The van der Waals surface area contributed by atoms with Crippen molar-refractivity contribution in [3.8, 4) is 11.1 Å². The largest absolute Gasteiger partial charge is 0.448 e. The van der Waals surface area contributed by atoms with Crippen molar-refractivity contribution in [1.29, 1.82) is 0 Å². The Balaban J connectivity index is 1.57. The highest BCUT2D eigenvalue weighted by Crippen LogP contribution is 2.44. The van der Waals surface area contributed by atoms with Crippen LogP contribution >= 0.6 is 21.6 Å². The second-order valence-corrected chi connectivity index (χ2v) is 7.74. The lowest BCUT2D eigenvalue weighted by Gasteiger charge is -2.17. The maximum Gasteiger partial charge on any atom is 0.411 e. The van der Waals surface area contributed by atoms with Crippen LogP contribution in [0.15, 0.2) is 48.5 Å². The fourth-order valence-corrected chi connectivity index (χ4v) is 5.15. The number of carbonyl (C=O) groups excluding carboxylic acids is 1. The second-order valence-electron chi connectivity index (χ2n) is 5.34. The number of hydrogen-bond acceptors (Lipinski definition) is 4. The zero-order valence-corrected chi connectivity index (χ0v) is 13.5. The molecule has 0 N–H and O–H groups in total. The third kappa shape index (κ3) is 2.38. The molecule has 3 nitrogen and oxygen atoms in total. The molecule has 1 amide bonds. The summed E-state index contributed by atoms with van der Waals surface area (Å²) in [6, 6.07) is 16.8. The Bertz CT molecular complexity index is 668. The van der Waals surface area contributed by atoms with Crippen LogP contribution in [0.2, 0.25) is 0 Å². The van der Waals surface area contributed by atoms with Crippen molar-refractivity contribution in [2.45, 2.75) is 5.92 Å². The maximum absolute atomic E-state index is 12.1. The molecule has 2 aromatic carbocycles. The molecule has 1 saturated heterocycles. The van der Waals surface area contributed by atoms with Gasteiger partial charge in [0.2, 0.25) is 0 Å². The summed E-state index contributed by atoms with van der Waals surface area (Å²) in [4.78, 5) is 13.8. The first-order chi connectivity index (χ1) is 10.8. The summed E-state index contributed by atoms with van der Waals surface area (Å²) in [5.74, 6) is 1.56. The summed E-state index contributed by atoms with van der Waals surface area (Å²) in [5, 5.41) is 0. The van der Waals surface area contributed by atoms with Crippen molar-refractivity contribution < 1.29 is 9.53 Å². The molecule has 1 aliphatic heterocycles. The molecule has 0 aromatic heterocycles. The van der Waals surface area contributed by atoms with Gasteiger partial charge in [-0.25, -0.2) is 4.79 Å².